The van der Waals surface area contributed by atoms with Gasteiger partial charge in [0.25, 0.3) is 0 Å². The van der Waals surface area contributed by atoms with E-state index in [1.54, 1.807) is 7.11 Å². The molecule has 32 heavy (non-hydrogen) atoms. The number of hydrogen-bond acceptors (Lipinski definition) is 3. The van der Waals surface area contributed by atoms with Crippen LogP contribution in [0.5, 0.6) is 11.5 Å². The minimum absolute atomic E-state index is 0.533. The number of rotatable bonds is 6. The van der Waals surface area contributed by atoms with Gasteiger partial charge in [-0.1, -0.05) is 48.5 Å². The Balaban J connectivity index is 1.40. The molecule has 0 radical (unpaired) electrons. The van der Waals surface area contributed by atoms with Gasteiger partial charge in [0.05, 0.1) is 26.2 Å². The molecule has 0 N–H and O–H groups in total. The molecule has 1 aliphatic heterocycles. The van der Waals surface area contributed by atoms with Crippen LogP contribution in [0.3, 0.4) is 0 Å². The van der Waals surface area contributed by atoms with Crippen LogP contribution in [0.2, 0.25) is 0 Å². The molecule has 0 saturated carbocycles. The van der Waals surface area contributed by atoms with Crippen LogP contribution in [0.15, 0.2) is 79.0 Å². The number of fused-ring (bicyclic) bond motifs is 2. The average molecular weight is 426 g/mol. The lowest BCUT2D eigenvalue weighted by atomic mass is 9.96. The van der Waals surface area contributed by atoms with Gasteiger partial charge in [0.15, 0.2) is 11.5 Å². The molecule has 0 spiro atoms. The summed E-state index contributed by atoms with van der Waals surface area (Å²) in [6.07, 6.45) is 2.96. The van der Waals surface area contributed by atoms with E-state index in [0.29, 0.717) is 6.61 Å². The Morgan fingerprint density at radius 2 is 1.69 bits per heavy atom. The van der Waals surface area contributed by atoms with Crippen LogP contribution in [-0.4, -0.2) is 30.2 Å². The Bertz CT molecular complexity index is 1230. The fraction of sp³-hybridized carbons (Fsp3) is 0.250. The lowest BCUT2D eigenvalue weighted by Crippen LogP contribution is -2.46. The molecule has 4 nitrogen and oxygen atoms in total. The SMILES string of the molecule is COc1cc2c(cc1OCc1ccccc1)C[N+](C)(Cc1ccnc3ccccc13)CC2. The molecule has 3 aromatic carbocycles. The Hall–Kier alpha value is -3.37. The van der Waals surface area contributed by atoms with Crippen LogP contribution in [0, 0.1) is 0 Å². The largest absolute Gasteiger partial charge is 0.493 e. The third kappa shape index (κ3) is 4.19. The summed E-state index contributed by atoms with van der Waals surface area (Å²) in [5.74, 6) is 1.63. The number of nitrogens with zero attached hydrogens (tertiary/aromatic N) is 2. The summed E-state index contributed by atoms with van der Waals surface area (Å²) in [5.41, 5.74) is 6.29. The topological polar surface area (TPSA) is 31.4 Å². The van der Waals surface area contributed by atoms with E-state index in [9.17, 15) is 0 Å². The van der Waals surface area contributed by atoms with Crippen molar-refractivity contribution >= 4 is 10.9 Å². The van der Waals surface area contributed by atoms with E-state index in [2.05, 4.69) is 66.6 Å². The zero-order valence-corrected chi connectivity index (χ0v) is 18.8. The Morgan fingerprint density at radius 3 is 2.53 bits per heavy atom. The number of para-hydroxylation sites is 1. The normalized spacial score (nSPS) is 17.7. The molecule has 162 valence electrons. The molecule has 0 aliphatic carbocycles. The van der Waals surface area contributed by atoms with Crippen LogP contribution in [0.4, 0.5) is 0 Å². The van der Waals surface area contributed by atoms with Crippen molar-refractivity contribution in [3.63, 3.8) is 0 Å². The highest BCUT2D eigenvalue weighted by molar-refractivity contribution is 5.81. The average Bonchev–Trinajstić information content (AvgIpc) is 2.83. The molecule has 4 heteroatoms. The standard InChI is InChI=1S/C28H29N2O2/c1-30(18-23-12-14-29-26-11-7-6-10-25(23)26)15-13-22-16-27(31-2)28(17-24(22)19-30)32-20-21-8-4-3-5-9-21/h3-12,14,16-17H,13,15,18-20H2,1-2H3/q+1. The zero-order valence-electron chi connectivity index (χ0n) is 18.8. The van der Waals surface area contributed by atoms with Crippen molar-refractivity contribution in [2.45, 2.75) is 26.1 Å². The highest BCUT2D eigenvalue weighted by Crippen LogP contribution is 2.36. The van der Waals surface area contributed by atoms with E-state index in [1.165, 1.54) is 22.1 Å². The van der Waals surface area contributed by atoms with Crippen molar-refractivity contribution in [3.05, 3.63) is 101 Å². The van der Waals surface area contributed by atoms with Gasteiger partial charge in [0, 0.05) is 29.1 Å². The highest BCUT2D eigenvalue weighted by Gasteiger charge is 2.30. The van der Waals surface area contributed by atoms with Crippen molar-refractivity contribution in [1.82, 2.24) is 4.98 Å². The number of ether oxygens (including phenoxy) is 2. The number of aromatic nitrogens is 1. The second-order valence-electron chi connectivity index (χ2n) is 8.94. The first-order valence-corrected chi connectivity index (χ1v) is 11.2. The number of quaternary nitrogens is 1. The number of pyridine rings is 1. The minimum Gasteiger partial charge on any atom is -0.493 e. The number of likely N-dealkylation sites (N-methyl/N-ethyl adjacent to an activating group) is 1. The zero-order chi connectivity index (χ0) is 22.0. The van der Waals surface area contributed by atoms with Crippen LogP contribution in [-0.2, 0) is 26.1 Å². The quantitative estimate of drug-likeness (QED) is 0.381. The minimum atomic E-state index is 0.533. The van der Waals surface area contributed by atoms with Crippen molar-refractivity contribution < 1.29 is 14.0 Å². The van der Waals surface area contributed by atoms with Gasteiger partial charge in [-0.25, -0.2) is 0 Å². The van der Waals surface area contributed by atoms with Crippen molar-refractivity contribution in [3.8, 4) is 11.5 Å². The van der Waals surface area contributed by atoms with Gasteiger partial charge in [0.1, 0.15) is 19.7 Å². The molecular weight excluding hydrogens is 396 g/mol. The summed E-state index contributed by atoms with van der Waals surface area (Å²) in [6, 6.07) is 25.2. The van der Waals surface area contributed by atoms with E-state index in [1.807, 2.05) is 24.4 Å². The Labute approximate surface area is 189 Å². The third-order valence-corrected chi connectivity index (χ3v) is 6.49. The van der Waals surface area contributed by atoms with E-state index in [0.717, 1.165) is 53.1 Å². The van der Waals surface area contributed by atoms with Gasteiger partial charge >= 0.3 is 0 Å². The monoisotopic (exact) mass is 425 g/mol. The summed E-state index contributed by atoms with van der Waals surface area (Å²) in [6.45, 7) is 3.58. The maximum atomic E-state index is 6.18. The molecule has 2 heterocycles. The smallest absolute Gasteiger partial charge is 0.162 e. The number of methoxy groups -OCH3 is 1. The Kier molecular flexibility index (Phi) is 5.54. The lowest BCUT2D eigenvalue weighted by Gasteiger charge is -2.39. The van der Waals surface area contributed by atoms with E-state index in [4.69, 9.17) is 9.47 Å². The fourth-order valence-electron chi connectivity index (χ4n) is 4.75. The fourth-order valence-corrected chi connectivity index (χ4v) is 4.75. The summed E-state index contributed by atoms with van der Waals surface area (Å²) in [4.78, 5) is 4.53. The van der Waals surface area contributed by atoms with E-state index in [-0.39, 0.29) is 0 Å². The van der Waals surface area contributed by atoms with Crippen LogP contribution >= 0.6 is 0 Å². The van der Waals surface area contributed by atoms with Gasteiger partial charge in [-0.05, 0) is 35.4 Å². The predicted octanol–water partition coefficient (Wildman–Crippen LogP) is 5.53. The number of hydrogen-bond donors (Lipinski definition) is 0. The van der Waals surface area contributed by atoms with Crippen molar-refractivity contribution in [2.75, 3.05) is 20.7 Å². The maximum Gasteiger partial charge on any atom is 0.162 e. The van der Waals surface area contributed by atoms with Crippen molar-refractivity contribution in [2.24, 2.45) is 0 Å². The molecule has 1 aliphatic rings. The predicted molar refractivity (Wildman–Crippen MR) is 128 cm³/mol. The molecule has 1 aromatic heterocycles. The van der Waals surface area contributed by atoms with Crippen LogP contribution in [0.1, 0.15) is 22.3 Å². The number of benzene rings is 3. The first-order chi connectivity index (χ1) is 15.6. The van der Waals surface area contributed by atoms with Crippen molar-refractivity contribution in [1.29, 1.82) is 0 Å². The van der Waals surface area contributed by atoms with Gasteiger partial charge in [0.2, 0.25) is 0 Å². The second-order valence-corrected chi connectivity index (χ2v) is 8.94. The van der Waals surface area contributed by atoms with Gasteiger partial charge in [-0.15, -0.1) is 0 Å². The van der Waals surface area contributed by atoms with Crippen LogP contribution in [0.25, 0.3) is 10.9 Å². The summed E-state index contributed by atoms with van der Waals surface area (Å²) >= 11 is 0. The second kappa shape index (κ2) is 8.64. The lowest BCUT2D eigenvalue weighted by molar-refractivity contribution is -0.937. The highest BCUT2D eigenvalue weighted by atomic mass is 16.5. The molecule has 1 atom stereocenters. The molecule has 4 aromatic rings. The van der Waals surface area contributed by atoms with E-state index < -0.39 is 0 Å². The van der Waals surface area contributed by atoms with E-state index >= 15 is 0 Å². The van der Waals surface area contributed by atoms with Gasteiger partial charge in [-0.2, -0.15) is 0 Å². The molecule has 0 bridgehead atoms. The maximum absolute atomic E-state index is 6.18. The van der Waals surface area contributed by atoms with Gasteiger partial charge in [-0.3, -0.25) is 4.98 Å². The Morgan fingerprint density at radius 1 is 0.906 bits per heavy atom. The first-order valence-electron chi connectivity index (χ1n) is 11.2. The summed E-state index contributed by atoms with van der Waals surface area (Å²) in [5, 5.41) is 1.25. The first kappa shape index (κ1) is 20.5. The third-order valence-electron chi connectivity index (χ3n) is 6.49. The molecule has 0 amide bonds. The summed E-state index contributed by atoms with van der Waals surface area (Å²) in [7, 11) is 4.07. The summed E-state index contributed by atoms with van der Waals surface area (Å²) < 4.78 is 12.8. The molecule has 0 saturated heterocycles. The molecular formula is C28H29N2O2+. The molecule has 1 unspecified atom stereocenters. The van der Waals surface area contributed by atoms with Crippen LogP contribution < -0.4 is 9.47 Å². The molecule has 0 fully saturated rings. The molecule has 5 rings (SSSR count). The van der Waals surface area contributed by atoms with Gasteiger partial charge < -0.3 is 14.0 Å².